The highest BCUT2D eigenvalue weighted by molar-refractivity contribution is 5.52. The van der Waals surface area contributed by atoms with Crippen LogP contribution in [-0.4, -0.2) is 9.78 Å². The second-order valence-corrected chi connectivity index (χ2v) is 3.24. The Morgan fingerprint density at radius 2 is 2.21 bits per heavy atom. The molecule has 0 saturated heterocycles. The van der Waals surface area contributed by atoms with Crippen molar-refractivity contribution < 1.29 is 0 Å². The number of nitrogens with two attached hydrogens (primary N) is 1. The van der Waals surface area contributed by atoms with Crippen LogP contribution in [0.2, 0.25) is 0 Å². The number of anilines is 1. The first-order valence-electron chi connectivity index (χ1n) is 4.99. The lowest BCUT2D eigenvalue weighted by molar-refractivity contribution is 0.647. The molecule has 1 rings (SSSR count). The van der Waals surface area contributed by atoms with Crippen molar-refractivity contribution >= 4 is 5.82 Å². The molecule has 2 N–H and O–H groups in total. The molecule has 4 heteroatoms. The van der Waals surface area contributed by atoms with Gasteiger partial charge in [-0.15, -0.1) is 0 Å². The van der Waals surface area contributed by atoms with Crippen LogP contribution >= 0.6 is 0 Å². The second-order valence-electron chi connectivity index (χ2n) is 3.24. The number of aryl methyl sites for hydroxylation is 2. The van der Waals surface area contributed by atoms with E-state index >= 15 is 0 Å². The molecule has 1 aromatic heterocycles. The molecule has 76 valence electrons. The Morgan fingerprint density at radius 1 is 1.50 bits per heavy atom. The third kappa shape index (κ3) is 1.87. The lowest BCUT2D eigenvalue weighted by atomic mass is 10.1. The molecular formula is C10H16N4. The van der Waals surface area contributed by atoms with Gasteiger partial charge < -0.3 is 5.73 Å². The van der Waals surface area contributed by atoms with Gasteiger partial charge in [-0.2, -0.15) is 10.4 Å². The molecule has 0 aliphatic heterocycles. The average molecular weight is 192 g/mol. The van der Waals surface area contributed by atoms with Crippen LogP contribution in [0.25, 0.3) is 0 Å². The van der Waals surface area contributed by atoms with Crippen LogP contribution in [-0.2, 0) is 13.0 Å². The van der Waals surface area contributed by atoms with Gasteiger partial charge in [-0.3, -0.25) is 0 Å². The number of aromatic nitrogens is 2. The summed E-state index contributed by atoms with van der Waals surface area (Å²) in [5.41, 5.74) is 7.17. The maximum Gasteiger partial charge on any atom is 0.140 e. The zero-order valence-electron chi connectivity index (χ0n) is 8.75. The Hall–Kier alpha value is -1.50. The number of nitrogens with zero attached hydrogens (tertiary/aromatic N) is 3. The van der Waals surface area contributed by atoms with Crippen LogP contribution in [0.15, 0.2) is 0 Å². The SMILES string of the molecule is CCCCc1nn(CC)c(N)c1C#N. The predicted octanol–water partition coefficient (Wildman–Crippen LogP) is 1.70. The van der Waals surface area contributed by atoms with Crippen molar-refractivity contribution in [2.75, 3.05) is 5.73 Å². The summed E-state index contributed by atoms with van der Waals surface area (Å²) >= 11 is 0. The molecule has 0 amide bonds. The van der Waals surface area contributed by atoms with Gasteiger partial charge in [-0.05, 0) is 19.8 Å². The molecule has 0 aliphatic carbocycles. The number of hydrogen-bond acceptors (Lipinski definition) is 3. The number of rotatable bonds is 4. The summed E-state index contributed by atoms with van der Waals surface area (Å²) in [5.74, 6) is 0.501. The van der Waals surface area contributed by atoms with Crippen molar-refractivity contribution in [2.45, 2.75) is 39.7 Å². The highest BCUT2D eigenvalue weighted by Gasteiger charge is 2.13. The van der Waals surface area contributed by atoms with Gasteiger partial charge in [0.05, 0.1) is 5.69 Å². The zero-order valence-corrected chi connectivity index (χ0v) is 8.75. The number of unbranched alkanes of at least 4 members (excludes halogenated alkanes) is 1. The van der Waals surface area contributed by atoms with Crippen molar-refractivity contribution in [3.8, 4) is 6.07 Å². The number of nitrogen functional groups attached to an aromatic ring is 1. The van der Waals surface area contributed by atoms with E-state index in [0.29, 0.717) is 17.9 Å². The first kappa shape index (κ1) is 10.6. The fourth-order valence-electron chi connectivity index (χ4n) is 1.41. The quantitative estimate of drug-likeness (QED) is 0.789. The standard InChI is InChI=1S/C10H16N4/c1-3-5-6-9-8(7-11)10(12)14(4-2)13-9/h3-6,12H2,1-2H3. The van der Waals surface area contributed by atoms with E-state index in [9.17, 15) is 0 Å². The van der Waals surface area contributed by atoms with E-state index in [2.05, 4.69) is 18.1 Å². The van der Waals surface area contributed by atoms with E-state index < -0.39 is 0 Å². The van der Waals surface area contributed by atoms with Crippen molar-refractivity contribution in [3.63, 3.8) is 0 Å². The van der Waals surface area contributed by atoms with Crippen LogP contribution in [0.5, 0.6) is 0 Å². The van der Waals surface area contributed by atoms with E-state index in [4.69, 9.17) is 11.0 Å². The molecule has 0 fully saturated rings. The van der Waals surface area contributed by atoms with Crippen LogP contribution in [0, 0.1) is 11.3 Å². The first-order valence-corrected chi connectivity index (χ1v) is 4.99. The van der Waals surface area contributed by atoms with Gasteiger partial charge in [0.15, 0.2) is 0 Å². The predicted molar refractivity (Wildman–Crippen MR) is 55.6 cm³/mol. The average Bonchev–Trinajstić information content (AvgIpc) is 2.51. The summed E-state index contributed by atoms with van der Waals surface area (Å²) in [6.07, 6.45) is 3.00. The highest BCUT2D eigenvalue weighted by atomic mass is 15.3. The fourth-order valence-corrected chi connectivity index (χ4v) is 1.41. The molecule has 0 saturated carbocycles. The molecule has 0 atom stereocenters. The van der Waals surface area contributed by atoms with Gasteiger partial charge in [0.25, 0.3) is 0 Å². The largest absolute Gasteiger partial charge is 0.383 e. The molecule has 0 radical (unpaired) electrons. The molecule has 0 bridgehead atoms. The lowest BCUT2D eigenvalue weighted by Gasteiger charge is -1.96. The number of hydrogen-bond donors (Lipinski definition) is 1. The molecule has 0 spiro atoms. The Bertz CT molecular complexity index is 346. The van der Waals surface area contributed by atoms with Crippen molar-refractivity contribution in [1.82, 2.24) is 9.78 Å². The smallest absolute Gasteiger partial charge is 0.140 e. The molecule has 1 aromatic rings. The monoisotopic (exact) mass is 192 g/mol. The molecule has 0 aliphatic rings. The van der Waals surface area contributed by atoms with Gasteiger partial charge in [0, 0.05) is 6.54 Å². The third-order valence-corrected chi connectivity index (χ3v) is 2.24. The Balaban J connectivity index is 2.98. The summed E-state index contributed by atoms with van der Waals surface area (Å²) in [4.78, 5) is 0. The summed E-state index contributed by atoms with van der Waals surface area (Å²) in [6, 6.07) is 2.12. The normalized spacial score (nSPS) is 10.1. The summed E-state index contributed by atoms with van der Waals surface area (Å²) < 4.78 is 1.68. The fraction of sp³-hybridized carbons (Fsp3) is 0.600. The van der Waals surface area contributed by atoms with Gasteiger partial charge in [0.1, 0.15) is 17.5 Å². The molecule has 14 heavy (non-hydrogen) atoms. The molecule has 0 aromatic carbocycles. The minimum Gasteiger partial charge on any atom is -0.383 e. The first-order chi connectivity index (χ1) is 6.74. The maximum absolute atomic E-state index is 8.92. The van der Waals surface area contributed by atoms with Crippen molar-refractivity contribution in [1.29, 1.82) is 5.26 Å². The van der Waals surface area contributed by atoms with Crippen molar-refractivity contribution in [3.05, 3.63) is 11.3 Å². The van der Waals surface area contributed by atoms with E-state index in [1.165, 1.54) is 0 Å². The molecule has 1 heterocycles. The Morgan fingerprint density at radius 3 is 2.71 bits per heavy atom. The number of nitriles is 1. The summed E-state index contributed by atoms with van der Waals surface area (Å²) in [6.45, 7) is 4.80. The van der Waals surface area contributed by atoms with Gasteiger partial charge in [-0.1, -0.05) is 13.3 Å². The van der Waals surface area contributed by atoms with Crippen LogP contribution in [0.3, 0.4) is 0 Å². The Kier molecular flexibility index (Phi) is 3.52. The molecule has 4 nitrogen and oxygen atoms in total. The van der Waals surface area contributed by atoms with E-state index in [1.807, 2.05) is 6.92 Å². The van der Waals surface area contributed by atoms with Gasteiger partial charge in [-0.25, -0.2) is 4.68 Å². The van der Waals surface area contributed by atoms with E-state index in [-0.39, 0.29) is 0 Å². The summed E-state index contributed by atoms with van der Waals surface area (Å²) in [5, 5.41) is 13.2. The van der Waals surface area contributed by atoms with Gasteiger partial charge >= 0.3 is 0 Å². The zero-order chi connectivity index (χ0) is 10.6. The maximum atomic E-state index is 8.92. The van der Waals surface area contributed by atoms with Crippen LogP contribution < -0.4 is 5.73 Å². The second kappa shape index (κ2) is 4.66. The van der Waals surface area contributed by atoms with E-state index in [1.54, 1.807) is 4.68 Å². The van der Waals surface area contributed by atoms with E-state index in [0.717, 1.165) is 25.0 Å². The minimum absolute atomic E-state index is 0.501. The minimum atomic E-state index is 0.501. The molecule has 0 unspecified atom stereocenters. The van der Waals surface area contributed by atoms with Crippen LogP contribution in [0.1, 0.15) is 37.9 Å². The lowest BCUT2D eigenvalue weighted by Crippen LogP contribution is -2.02. The van der Waals surface area contributed by atoms with Crippen molar-refractivity contribution in [2.24, 2.45) is 0 Å². The Labute approximate surface area is 84.3 Å². The third-order valence-electron chi connectivity index (χ3n) is 2.24. The highest BCUT2D eigenvalue weighted by Crippen LogP contribution is 2.17. The van der Waals surface area contributed by atoms with Gasteiger partial charge in [0.2, 0.25) is 0 Å². The molecular weight excluding hydrogens is 176 g/mol. The van der Waals surface area contributed by atoms with Crippen LogP contribution in [0.4, 0.5) is 5.82 Å². The topological polar surface area (TPSA) is 67.6 Å². The summed E-state index contributed by atoms with van der Waals surface area (Å²) in [7, 11) is 0.